The first kappa shape index (κ1) is 17.0. The van der Waals surface area contributed by atoms with Crippen LogP contribution in [0.4, 0.5) is 0 Å². The van der Waals surface area contributed by atoms with Crippen molar-refractivity contribution in [3.8, 4) is 0 Å². The Morgan fingerprint density at radius 3 is 2.62 bits per heavy atom. The summed E-state index contributed by atoms with van der Waals surface area (Å²) in [5, 5.41) is 11.2. The van der Waals surface area contributed by atoms with Gasteiger partial charge in [-0.1, -0.05) is 67.6 Å². The molecule has 0 aliphatic carbocycles. The molecule has 2 heterocycles. The standard InChI is InChI=1S/C21H22N4S/c1-14(2)26-21-22-20-19(23-24-21)17-13-15(3)9-10-18(17)25(20)12-11-16-7-5-4-6-8-16/h4-10,13-14H,11-12H2,1-3H3. The fourth-order valence-electron chi connectivity index (χ4n) is 3.23. The van der Waals surface area contributed by atoms with E-state index in [9.17, 15) is 0 Å². The van der Waals surface area contributed by atoms with E-state index < -0.39 is 0 Å². The summed E-state index contributed by atoms with van der Waals surface area (Å²) in [5.74, 6) is 0. The van der Waals surface area contributed by atoms with Gasteiger partial charge in [-0.25, -0.2) is 4.98 Å². The van der Waals surface area contributed by atoms with Crippen LogP contribution in [0, 0.1) is 6.92 Å². The molecule has 4 aromatic rings. The monoisotopic (exact) mass is 362 g/mol. The number of nitrogens with zero attached hydrogens (tertiary/aromatic N) is 4. The number of aryl methyl sites for hydroxylation is 3. The lowest BCUT2D eigenvalue weighted by Gasteiger charge is -2.08. The van der Waals surface area contributed by atoms with Crippen LogP contribution < -0.4 is 0 Å². The number of thioether (sulfide) groups is 1. The van der Waals surface area contributed by atoms with Crippen LogP contribution in [0.25, 0.3) is 22.1 Å². The van der Waals surface area contributed by atoms with Crippen molar-refractivity contribution in [1.29, 1.82) is 0 Å². The van der Waals surface area contributed by atoms with Crippen molar-refractivity contribution in [1.82, 2.24) is 19.7 Å². The third-order valence-electron chi connectivity index (χ3n) is 4.41. The van der Waals surface area contributed by atoms with Crippen molar-refractivity contribution in [2.75, 3.05) is 0 Å². The van der Waals surface area contributed by atoms with E-state index in [0.717, 1.165) is 34.7 Å². The molecule has 4 nitrogen and oxygen atoms in total. The second kappa shape index (κ2) is 7.08. The molecule has 0 N–H and O–H groups in total. The predicted molar refractivity (Wildman–Crippen MR) is 109 cm³/mol. The average Bonchev–Trinajstić information content (AvgIpc) is 2.92. The number of aromatic nitrogens is 4. The Hall–Kier alpha value is -2.40. The van der Waals surface area contributed by atoms with Gasteiger partial charge in [-0.2, -0.15) is 0 Å². The highest BCUT2D eigenvalue weighted by Gasteiger charge is 2.15. The van der Waals surface area contributed by atoms with Crippen molar-refractivity contribution in [2.24, 2.45) is 0 Å². The molecule has 0 spiro atoms. The van der Waals surface area contributed by atoms with Gasteiger partial charge in [0.25, 0.3) is 0 Å². The molecule has 0 atom stereocenters. The minimum atomic E-state index is 0.429. The van der Waals surface area contributed by atoms with Crippen LogP contribution >= 0.6 is 11.8 Å². The molecule has 4 rings (SSSR count). The molecule has 0 fully saturated rings. The van der Waals surface area contributed by atoms with Gasteiger partial charge in [0.05, 0.1) is 5.52 Å². The maximum Gasteiger partial charge on any atom is 0.211 e. The van der Waals surface area contributed by atoms with Gasteiger partial charge in [0.1, 0.15) is 5.52 Å². The molecule has 2 aromatic carbocycles. The minimum absolute atomic E-state index is 0.429. The van der Waals surface area contributed by atoms with Crippen LogP contribution in [0.15, 0.2) is 53.7 Å². The number of rotatable bonds is 5. The van der Waals surface area contributed by atoms with E-state index in [1.165, 1.54) is 16.6 Å². The van der Waals surface area contributed by atoms with Crippen LogP contribution in [-0.4, -0.2) is 25.0 Å². The van der Waals surface area contributed by atoms with Crippen LogP contribution in [0.3, 0.4) is 0 Å². The van der Waals surface area contributed by atoms with E-state index >= 15 is 0 Å². The van der Waals surface area contributed by atoms with Crippen molar-refractivity contribution < 1.29 is 0 Å². The summed E-state index contributed by atoms with van der Waals surface area (Å²) in [6, 6.07) is 17.1. The lowest BCUT2D eigenvalue weighted by atomic mass is 10.1. The van der Waals surface area contributed by atoms with Gasteiger partial charge in [-0.05, 0) is 31.0 Å². The van der Waals surface area contributed by atoms with Crippen molar-refractivity contribution in [3.63, 3.8) is 0 Å². The number of hydrogen-bond donors (Lipinski definition) is 0. The van der Waals surface area contributed by atoms with Gasteiger partial charge in [-0.15, -0.1) is 10.2 Å². The Morgan fingerprint density at radius 1 is 1.04 bits per heavy atom. The second-order valence-electron chi connectivity index (χ2n) is 6.84. The maximum atomic E-state index is 4.85. The smallest absolute Gasteiger partial charge is 0.211 e. The predicted octanol–water partition coefficient (Wildman–Crippen LogP) is 5.03. The van der Waals surface area contributed by atoms with Crippen LogP contribution in [0.5, 0.6) is 0 Å². The van der Waals surface area contributed by atoms with Crippen molar-refractivity contribution in [2.45, 2.75) is 44.1 Å². The first-order valence-corrected chi connectivity index (χ1v) is 9.83. The lowest BCUT2D eigenvalue weighted by molar-refractivity contribution is 0.727. The van der Waals surface area contributed by atoms with Gasteiger partial charge in [0.2, 0.25) is 5.16 Å². The minimum Gasteiger partial charge on any atom is -0.323 e. The Morgan fingerprint density at radius 2 is 1.85 bits per heavy atom. The summed E-state index contributed by atoms with van der Waals surface area (Å²) >= 11 is 1.65. The zero-order valence-electron chi connectivity index (χ0n) is 15.3. The van der Waals surface area contributed by atoms with Gasteiger partial charge >= 0.3 is 0 Å². The highest BCUT2D eigenvalue weighted by atomic mass is 32.2. The highest BCUT2D eigenvalue weighted by Crippen LogP contribution is 2.29. The zero-order chi connectivity index (χ0) is 18.1. The number of hydrogen-bond acceptors (Lipinski definition) is 4. The number of benzene rings is 2. The summed E-state index contributed by atoms with van der Waals surface area (Å²) in [6.45, 7) is 7.27. The first-order chi connectivity index (χ1) is 12.6. The van der Waals surface area contributed by atoms with Crippen LogP contribution in [-0.2, 0) is 13.0 Å². The molecule has 0 bridgehead atoms. The molecule has 132 valence electrons. The molecule has 26 heavy (non-hydrogen) atoms. The maximum absolute atomic E-state index is 4.85. The summed E-state index contributed by atoms with van der Waals surface area (Å²) in [6.07, 6.45) is 0.963. The third-order valence-corrected chi connectivity index (χ3v) is 5.27. The van der Waals surface area contributed by atoms with E-state index in [1.54, 1.807) is 11.8 Å². The van der Waals surface area contributed by atoms with Crippen LogP contribution in [0.2, 0.25) is 0 Å². The van der Waals surface area contributed by atoms with E-state index in [2.05, 4.69) is 84.1 Å². The molecule has 0 saturated carbocycles. The average molecular weight is 363 g/mol. The summed E-state index contributed by atoms with van der Waals surface area (Å²) < 4.78 is 2.29. The zero-order valence-corrected chi connectivity index (χ0v) is 16.1. The Bertz CT molecular complexity index is 1050. The number of fused-ring (bicyclic) bond motifs is 3. The third kappa shape index (κ3) is 3.31. The van der Waals surface area contributed by atoms with Gasteiger partial charge in [0, 0.05) is 17.2 Å². The molecule has 0 saturated heterocycles. The van der Waals surface area contributed by atoms with E-state index in [0.29, 0.717) is 5.25 Å². The van der Waals surface area contributed by atoms with Crippen molar-refractivity contribution in [3.05, 3.63) is 59.7 Å². The largest absolute Gasteiger partial charge is 0.323 e. The fraction of sp³-hybridized carbons (Fsp3) is 0.286. The van der Waals surface area contributed by atoms with E-state index in [-0.39, 0.29) is 0 Å². The molecular formula is C21H22N4S. The normalized spacial score (nSPS) is 11.7. The fourth-order valence-corrected chi connectivity index (χ4v) is 3.88. The van der Waals surface area contributed by atoms with Crippen molar-refractivity contribution >= 4 is 33.8 Å². The Balaban J connectivity index is 1.83. The Labute approximate surface area is 157 Å². The molecule has 0 aliphatic heterocycles. The lowest BCUT2D eigenvalue weighted by Crippen LogP contribution is -2.04. The Kier molecular flexibility index (Phi) is 4.64. The molecule has 0 unspecified atom stereocenters. The molecular weight excluding hydrogens is 340 g/mol. The summed E-state index contributed by atoms with van der Waals surface area (Å²) in [4.78, 5) is 4.85. The second-order valence-corrected chi connectivity index (χ2v) is 8.38. The summed E-state index contributed by atoms with van der Waals surface area (Å²) in [5.41, 5.74) is 5.55. The van der Waals surface area contributed by atoms with Gasteiger partial charge in [0.15, 0.2) is 5.65 Å². The highest BCUT2D eigenvalue weighted by molar-refractivity contribution is 7.99. The molecule has 0 amide bonds. The van der Waals surface area contributed by atoms with Gasteiger partial charge < -0.3 is 4.57 Å². The van der Waals surface area contributed by atoms with Gasteiger partial charge in [-0.3, -0.25) is 0 Å². The summed E-state index contributed by atoms with van der Waals surface area (Å²) in [7, 11) is 0. The topological polar surface area (TPSA) is 43.6 Å². The van der Waals surface area contributed by atoms with E-state index in [1.807, 2.05) is 0 Å². The first-order valence-electron chi connectivity index (χ1n) is 8.95. The van der Waals surface area contributed by atoms with E-state index in [4.69, 9.17) is 4.98 Å². The SMILES string of the molecule is Cc1ccc2c(c1)c1nnc(SC(C)C)nc1n2CCc1ccccc1. The molecule has 5 heteroatoms. The molecule has 2 aromatic heterocycles. The quantitative estimate of drug-likeness (QED) is 0.467. The molecule has 0 aliphatic rings. The van der Waals surface area contributed by atoms with Crippen LogP contribution in [0.1, 0.15) is 25.0 Å². The molecule has 0 radical (unpaired) electrons.